The topological polar surface area (TPSA) is 9.72 Å². The van der Waals surface area contributed by atoms with Gasteiger partial charge in [0.15, 0.2) is 0 Å². The highest BCUT2D eigenvalue weighted by Crippen LogP contribution is 2.62. The van der Waals surface area contributed by atoms with Gasteiger partial charge in [0.05, 0.1) is 5.54 Å². The first-order chi connectivity index (χ1) is 33.0. The Morgan fingerprint density at radius 1 is 0.443 bits per heavy atom. The zero-order chi connectivity index (χ0) is 49.2. The Bertz CT molecular complexity index is 3320. The summed E-state index contributed by atoms with van der Waals surface area (Å²) in [4.78, 5) is 8.03. The zero-order valence-corrected chi connectivity index (χ0v) is 44.4. The predicted molar refractivity (Wildman–Crippen MR) is 302 cm³/mol. The Morgan fingerprint density at radius 2 is 1.01 bits per heavy atom. The van der Waals surface area contributed by atoms with Crippen LogP contribution >= 0.6 is 0 Å². The maximum Gasteiger partial charge on any atom is 0.252 e. The van der Waals surface area contributed by atoms with E-state index in [2.05, 4.69) is 245 Å². The number of hydrogen-bond donors (Lipinski definition) is 0. The quantitative estimate of drug-likeness (QED) is 0.164. The van der Waals surface area contributed by atoms with Crippen LogP contribution in [0.2, 0.25) is 0 Å². The van der Waals surface area contributed by atoms with Gasteiger partial charge in [-0.15, -0.1) is 0 Å². The number of benzene rings is 7. The largest absolute Gasteiger partial charge is 0.334 e. The summed E-state index contributed by atoms with van der Waals surface area (Å²) >= 11 is 0. The monoisotopic (exact) mass is 918 g/mol. The van der Waals surface area contributed by atoms with Gasteiger partial charge in [0.2, 0.25) is 0 Å². The molecule has 2 atom stereocenters. The number of aryl methyl sites for hydroxylation is 1. The van der Waals surface area contributed by atoms with Crippen molar-refractivity contribution < 1.29 is 0 Å². The first-order valence-electron chi connectivity index (χ1n) is 26.3. The molecule has 3 nitrogen and oxygen atoms in total. The van der Waals surface area contributed by atoms with Crippen molar-refractivity contribution in [1.29, 1.82) is 0 Å². The minimum absolute atomic E-state index is 0.0232. The SMILES string of the molecule is Cc1cc2c3c(c1)N(c1ccc4c(c1)-c1ccccc1C4(C)C)c1cc(N4c5ccc(C(C)(C)C)cc5C5(C)CCCCC45C)ccc1B3c1cc(C(C)(C)C)ccc1N2c1ccc(C(C)(C)C)cc1. The lowest BCUT2D eigenvalue weighted by Gasteiger charge is -2.50. The number of anilines is 8. The van der Waals surface area contributed by atoms with E-state index in [0.29, 0.717) is 0 Å². The van der Waals surface area contributed by atoms with E-state index in [0.717, 1.165) is 6.42 Å². The summed E-state index contributed by atoms with van der Waals surface area (Å²) < 4.78 is 0. The lowest BCUT2D eigenvalue weighted by atomic mass is 9.33. The lowest BCUT2D eigenvalue weighted by molar-refractivity contribution is 0.195. The molecular weight excluding hydrogens is 846 g/mol. The Balaban J connectivity index is 1.14. The van der Waals surface area contributed by atoms with E-state index in [9.17, 15) is 0 Å². The van der Waals surface area contributed by atoms with E-state index in [1.807, 2.05) is 0 Å². The Morgan fingerprint density at radius 3 is 1.70 bits per heavy atom. The van der Waals surface area contributed by atoms with Crippen LogP contribution in [0.1, 0.15) is 155 Å². The van der Waals surface area contributed by atoms with Gasteiger partial charge in [0.1, 0.15) is 0 Å². The van der Waals surface area contributed by atoms with Gasteiger partial charge < -0.3 is 14.7 Å². The molecule has 1 fully saturated rings. The molecule has 0 N–H and O–H groups in total. The van der Waals surface area contributed by atoms with E-state index in [4.69, 9.17) is 0 Å². The third-order valence-electron chi connectivity index (χ3n) is 18.1. The standard InChI is InChI=1S/C66H72BN3/c1-41-35-58-60-59(36-41)69(46-27-29-51-49(39-46)48-19-15-16-20-50(48)64(51,11)12)57-40-47(70-55-31-23-43(62(5,6)7)37-52(55)65(13)33-17-18-34-66(65,70)14)28-30-53(57)67(60)54-38-44(63(8,9)10)24-32-56(54)68(58)45-25-21-42(22-26-45)61(2,3)4/h15-16,19-32,35-40H,17-18,33-34H2,1-14H3. The van der Waals surface area contributed by atoms with Gasteiger partial charge in [-0.05, 0) is 170 Å². The molecule has 0 spiro atoms. The Kier molecular flexibility index (Phi) is 9.54. The van der Waals surface area contributed by atoms with Gasteiger partial charge in [-0.2, -0.15) is 0 Å². The summed E-state index contributed by atoms with van der Waals surface area (Å²) in [5.74, 6) is 0. The minimum atomic E-state index is -0.0827. The van der Waals surface area contributed by atoms with E-state index in [-0.39, 0.29) is 39.3 Å². The van der Waals surface area contributed by atoms with Crippen LogP contribution in [0.3, 0.4) is 0 Å². The van der Waals surface area contributed by atoms with E-state index >= 15 is 0 Å². The third kappa shape index (κ3) is 6.33. The van der Waals surface area contributed by atoms with Crippen molar-refractivity contribution >= 4 is 68.6 Å². The van der Waals surface area contributed by atoms with Crippen molar-refractivity contribution in [2.75, 3.05) is 14.7 Å². The molecule has 2 aliphatic carbocycles. The number of hydrogen-bond acceptors (Lipinski definition) is 3. The van der Waals surface area contributed by atoms with E-state index in [1.54, 1.807) is 0 Å². The molecule has 7 aromatic carbocycles. The fraction of sp³-hybridized carbons (Fsp3) is 0.364. The fourth-order valence-corrected chi connectivity index (χ4v) is 13.8. The van der Waals surface area contributed by atoms with Crippen molar-refractivity contribution in [2.45, 2.75) is 155 Å². The normalized spacial score (nSPS) is 20.6. The molecule has 12 rings (SSSR count). The molecule has 5 aliphatic rings. The van der Waals surface area contributed by atoms with Crippen molar-refractivity contribution in [3.05, 3.63) is 172 Å². The highest BCUT2D eigenvalue weighted by molar-refractivity contribution is 7.00. The lowest BCUT2D eigenvalue weighted by Crippen LogP contribution is -2.61. The second-order valence-corrected chi connectivity index (χ2v) is 25.9. The fourth-order valence-electron chi connectivity index (χ4n) is 13.8. The first kappa shape index (κ1) is 45.2. The summed E-state index contributed by atoms with van der Waals surface area (Å²) in [6.45, 7) is 33.4. The molecule has 2 unspecified atom stereocenters. The summed E-state index contributed by atoms with van der Waals surface area (Å²) in [7, 11) is 0. The average molecular weight is 918 g/mol. The molecule has 0 bridgehead atoms. The van der Waals surface area contributed by atoms with E-state index < -0.39 is 0 Å². The van der Waals surface area contributed by atoms with Crippen LogP contribution in [-0.2, 0) is 27.1 Å². The van der Waals surface area contributed by atoms with Crippen LogP contribution < -0.4 is 31.1 Å². The van der Waals surface area contributed by atoms with Gasteiger partial charge in [0.25, 0.3) is 6.71 Å². The average Bonchev–Trinajstić information content (AvgIpc) is 3.66. The molecule has 4 heteroatoms. The van der Waals surface area contributed by atoms with Crippen LogP contribution in [0.4, 0.5) is 45.5 Å². The van der Waals surface area contributed by atoms with Gasteiger partial charge in [-0.25, -0.2) is 0 Å². The van der Waals surface area contributed by atoms with Crippen LogP contribution in [-0.4, -0.2) is 12.3 Å². The molecule has 70 heavy (non-hydrogen) atoms. The molecule has 354 valence electrons. The maximum absolute atomic E-state index is 2.79. The molecule has 0 amide bonds. The zero-order valence-electron chi connectivity index (χ0n) is 44.4. The van der Waals surface area contributed by atoms with Crippen molar-refractivity contribution in [3.63, 3.8) is 0 Å². The van der Waals surface area contributed by atoms with Crippen LogP contribution in [0.25, 0.3) is 11.1 Å². The molecule has 3 aliphatic heterocycles. The first-order valence-corrected chi connectivity index (χ1v) is 26.3. The number of nitrogens with zero attached hydrogens (tertiary/aromatic N) is 3. The van der Waals surface area contributed by atoms with Gasteiger partial charge in [-0.3, -0.25) is 0 Å². The molecular formula is C66H72BN3. The van der Waals surface area contributed by atoms with E-state index in [1.165, 1.54) is 131 Å². The van der Waals surface area contributed by atoms with Crippen molar-refractivity contribution in [3.8, 4) is 11.1 Å². The predicted octanol–water partition coefficient (Wildman–Crippen LogP) is 16.0. The van der Waals surface area contributed by atoms with Crippen molar-refractivity contribution in [1.82, 2.24) is 0 Å². The van der Waals surface area contributed by atoms with Crippen molar-refractivity contribution in [2.24, 2.45) is 0 Å². The smallest absolute Gasteiger partial charge is 0.252 e. The Hall–Kier alpha value is -6.00. The molecule has 0 aromatic heterocycles. The van der Waals surface area contributed by atoms with Gasteiger partial charge >= 0.3 is 0 Å². The summed E-state index contributed by atoms with van der Waals surface area (Å²) in [6, 6.07) is 53.3. The highest BCUT2D eigenvalue weighted by atomic mass is 15.3. The molecule has 0 radical (unpaired) electrons. The second kappa shape index (κ2) is 14.8. The second-order valence-electron chi connectivity index (χ2n) is 25.9. The number of rotatable bonds is 3. The van der Waals surface area contributed by atoms with Gasteiger partial charge in [0, 0.05) is 56.3 Å². The Labute approximate surface area is 420 Å². The summed E-state index contributed by atoms with van der Waals surface area (Å²) in [5.41, 5.74) is 26.6. The van der Waals surface area contributed by atoms with Crippen LogP contribution in [0, 0.1) is 6.92 Å². The molecule has 3 heterocycles. The van der Waals surface area contributed by atoms with Crippen LogP contribution in [0.5, 0.6) is 0 Å². The van der Waals surface area contributed by atoms with Crippen LogP contribution in [0.15, 0.2) is 133 Å². The van der Waals surface area contributed by atoms with Gasteiger partial charge in [-0.1, -0.05) is 169 Å². The maximum atomic E-state index is 2.79. The minimum Gasteiger partial charge on any atom is -0.334 e. The number of fused-ring (bicyclic) bond motifs is 10. The molecule has 7 aromatic rings. The highest BCUT2D eigenvalue weighted by Gasteiger charge is 2.58. The molecule has 1 saturated carbocycles. The summed E-state index contributed by atoms with van der Waals surface area (Å²) in [6.07, 6.45) is 4.87. The molecule has 0 saturated heterocycles. The summed E-state index contributed by atoms with van der Waals surface area (Å²) in [5, 5.41) is 0. The third-order valence-corrected chi connectivity index (χ3v) is 18.1.